The maximum absolute atomic E-state index is 11.9. The smallest absolute Gasteiger partial charge is 0.175 e. The van der Waals surface area contributed by atoms with Crippen LogP contribution in [-0.4, -0.2) is 39.5 Å². The number of aryl methyl sites for hydroxylation is 1. The Morgan fingerprint density at radius 1 is 1.00 bits per heavy atom. The molecule has 1 atom stereocenters. The van der Waals surface area contributed by atoms with Crippen molar-refractivity contribution in [3.8, 4) is 0 Å². The largest absolute Gasteiger partial charge is 0.347 e. The molecule has 4 rings (SSSR count). The quantitative estimate of drug-likeness (QED) is 0.662. The first-order valence-electron chi connectivity index (χ1n) is 10.9. The highest BCUT2D eigenvalue weighted by Gasteiger charge is 2.47. The van der Waals surface area contributed by atoms with E-state index in [1.807, 2.05) is 24.3 Å². The van der Waals surface area contributed by atoms with Crippen molar-refractivity contribution in [3.05, 3.63) is 65.2 Å². The van der Waals surface area contributed by atoms with E-state index in [2.05, 4.69) is 19.1 Å². The second-order valence-electron chi connectivity index (χ2n) is 8.78. The molecule has 5 nitrogen and oxygen atoms in total. The van der Waals surface area contributed by atoms with Gasteiger partial charge in [-0.25, -0.2) is 8.42 Å². The lowest BCUT2D eigenvalue weighted by Gasteiger charge is -2.40. The number of hydrogen-bond donors (Lipinski definition) is 0. The van der Waals surface area contributed by atoms with Gasteiger partial charge in [0.25, 0.3) is 0 Å². The van der Waals surface area contributed by atoms with Crippen LogP contribution >= 0.6 is 0 Å². The number of ether oxygens (including phenoxy) is 2. The summed E-state index contributed by atoms with van der Waals surface area (Å²) in [6.45, 7) is 3.20. The van der Waals surface area contributed by atoms with Gasteiger partial charge in [-0.3, -0.25) is 4.79 Å². The third-order valence-corrected chi connectivity index (χ3v) is 7.83. The van der Waals surface area contributed by atoms with E-state index in [1.165, 1.54) is 17.4 Å². The summed E-state index contributed by atoms with van der Waals surface area (Å²) in [4.78, 5) is 12.1. The monoisotopic (exact) mass is 442 g/mol. The van der Waals surface area contributed by atoms with Gasteiger partial charge in [-0.1, -0.05) is 36.4 Å². The number of hydrogen-bond acceptors (Lipinski definition) is 5. The molecule has 0 amide bonds. The summed E-state index contributed by atoms with van der Waals surface area (Å²) >= 11 is 0. The van der Waals surface area contributed by atoms with Crippen LogP contribution in [0.25, 0.3) is 0 Å². The predicted molar refractivity (Wildman–Crippen MR) is 119 cm³/mol. The Hall–Kier alpha value is -2.02. The molecule has 31 heavy (non-hydrogen) atoms. The molecule has 1 aliphatic heterocycles. The van der Waals surface area contributed by atoms with E-state index >= 15 is 0 Å². The van der Waals surface area contributed by atoms with Gasteiger partial charge >= 0.3 is 0 Å². The Bertz CT molecular complexity index is 1030. The summed E-state index contributed by atoms with van der Waals surface area (Å²) in [7, 11) is -3.26. The molecule has 2 aliphatic rings. The first-order chi connectivity index (χ1) is 14.8. The van der Waals surface area contributed by atoms with Gasteiger partial charge in [0.1, 0.15) is 5.78 Å². The summed E-state index contributed by atoms with van der Waals surface area (Å²) in [5.74, 6) is -0.236. The molecule has 1 saturated heterocycles. The van der Waals surface area contributed by atoms with E-state index in [0.717, 1.165) is 18.4 Å². The van der Waals surface area contributed by atoms with Crippen LogP contribution in [0.3, 0.4) is 0 Å². The summed E-state index contributed by atoms with van der Waals surface area (Å²) < 4.78 is 36.4. The maximum Gasteiger partial charge on any atom is 0.175 e. The third-order valence-electron chi connectivity index (χ3n) is 6.70. The van der Waals surface area contributed by atoms with Crippen LogP contribution in [0.4, 0.5) is 0 Å². The number of sulfone groups is 1. The van der Waals surface area contributed by atoms with Gasteiger partial charge in [0, 0.05) is 37.4 Å². The average molecular weight is 443 g/mol. The summed E-state index contributed by atoms with van der Waals surface area (Å²) in [5.41, 5.74) is 3.39. The average Bonchev–Trinajstić information content (AvgIpc) is 3.22. The number of benzene rings is 2. The third kappa shape index (κ3) is 4.76. The number of rotatable bonds is 6. The number of Topliss-reactive ketones (excluding diaryl/α,β-unsaturated/α-hetero) is 1. The number of ketones is 1. The van der Waals surface area contributed by atoms with E-state index in [1.54, 1.807) is 12.1 Å². The molecule has 0 radical (unpaired) electrons. The molecular formula is C25H30O5S. The molecule has 1 aliphatic carbocycles. The normalized spacial score (nSPS) is 20.6. The van der Waals surface area contributed by atoms with Crippen molar-refractivity contribution < 1.29 is 22.7 Å². The summed E-state index contributed by atoms with van der Waals surface area (Å²) in [6.07, 6.45) is 4.59. The number of carbonyl (C=O) groups excluding carboxylic acids is 1. The molecule has 1 heterocycles. The van der Waals surface area contributed by atoms with Crippen LogP contribution in [0, 0.1) is 12.8 Å². The van der Waals surface area contributed by atoms with Crippen LogP contribution in [0.5, 0.6) is 0 Å². The van der Waals surface area contributed by atoms with E-state index in [9.17, 15) is 13.2 Å². The Kier molecular flexibility index (Phi) is 6.33. The van der Waals surface area contributed by atoms with E-state index in [-0.39, 0.29) is 11.8 Å². The fourth-order valence-corrected chi connectivity index (χ4v) is 5.62. The van der Waals surface area contributed by atoms with Crippen LogP contribution in [0.2, 0.25) is 0 Å². The highest BCUT2D eigenvalue weighted by Crippen LogP contribution is 2.45. The zero-order valence-corrected chi connectivity index (χ0v) is 19.0. The fourth-order valence-electron chi connectivity index (χ4n) is 4.99. The van der Waals surface area contributed by atoms with Gasteiger partial charge in [0.2, 0.25) is 0 Å². The van der Waals surface area contributed by atoms with Crippen LogP contribution < -0.4 is 0 Å². The minimum absolute atomic E-state index is 0.00876. The zero-order chi connectivity index (χ0) is 22.1. The van der Waals surface area contributed by atoms with Crippen molar-refractivity contribution in [2.45, 2.75) is 55.6 Å². The van der Waals surface area contributed by atoms with Crippen molar-refractivity contribution in [1.82, 2.24) is 0 Å². The summed E-state index contributed by atoms with van der Waals surface area (Å²) in [5, 5.41) is 0. The van der Waals surface area contributed by atoms with E-state index in [4.69, 9.17) is 9.47 Å². The van der Waals surface area contributed by atoms with Crippen LogP contribution in [-0.2, 0) is 24.1 Å². The fraction of sp³-hybridized carbons (Fsp3) is 0.480. The molecule has 2 fully saturated rings. The second-order valence-corrected chi connectivity index (χ2v) is 10.8. The summed E-state index contributed by atoms with van der Waals surface area (Å²) in [6, 6.07) is 15.4. The molecule has 6 heteroatoms. The maximum atomic E-state index is 11.9. The van der Waals surface area contributed by atoms with E-state index in [0.29, 0.717) is 43.2 Å². The molecule has 0 aromatic heterocycles. The Morgan fingerprint density at radius 2 is 1.61 bits per heavy atom. The van der Waals surface area contributed by atoms with Crippen LogP contribution in [0.15, 0.2) is 53.4 Å². The topological polar surface area (TPSA) is 69.7 Å². The molecule has 0 spiro atoms. The van der Waals surface area contributed by atoms with E-state index < -0.39 is 15.6 Å². The standard InChI is InChI=1S/C25H30O5S/c1-18-5-3-4-6-23(18)24(19-7-13-22(14-8-19)31(2,27)28)17-25(29-15-16-30-25)20-9-11-21(26)12-10-20/h3-8,13-14,20,24H,9-12,15-17H2,1-2H3. The van der Waals surface area contributed by atoms with Crippen molar-refractivity contribution in [1.29, 1.82) is 0 Å². The van der Waals surface area contributed by atoms with Gasteiger partial charge in [0.05, 0.1) is 18.1 Å². The Balaban J connectivity index is 1.72. The highest BCUT2D eigenvalue weighted by molar-refractivity contribution is 7.90. The van der Waals surface area contributed by atoms with Crippen LogP contribution in [0.1, 0.15) is 54.7 Å². The Morgan fingerprint density at radius 3 is 2.19 bits per heavy atom. The molecule has 0 N–H and O–H groups in total. The van der Waals surface area contributed by atoms with Gasteiger partial charge in [0.15, 0.2) is 15.6 Å². The first-order valence-corrected chi connectivity index (χ1v) is 12.8. The zero-order valence-electron chi connectivity index (χ0n) is 18.2. The molecule has 2 aromatic carbocycles. The lowest BCUT2D eigenvalue weighted by molar-refractivity contribution is -0.207. The van der Waals surface area contributed by atoms with Gasteiger partial charge in [-0.15, -0.1) is 0 Å². The Labute approximate surface area is 184 Å². The van der Waals surface area contributed by atoms with Crippen molar-refractivity contribution >= 4 is 15.6 Å². The number of carbonyl (C=O) groups is 1. The SMILES string of the molecule is Cc1ccccc1C(CC1(C2CCC(=O)CC2)OCCO1)c1ccc(S(C)(=O)=O)cc1. The lowest BCUT2D eigenvalue weighted by Crippen LogP contribution is -2.43. The molecule has 0 bridgehead atoms. The first kappa shape index (κ1) is 22.2. The van der Waals surface area contributed by atoms with Crippen molar-refractivity contribution in [3.63, 3.8) is 0 Å². The van der Waals surface area contributed by atoms with Gasteiger partial charge in [-0.2, -0.15) is 0 Å². The minimum Gasteiger partial charge on any atom is -0.347 e. The lowest BCUT2D eigenvalue weighted by atomic mass is 9.75. The minimum atomic E-state index is -3.26. The van der Waals surface area contributed by atoms with Gasteiger partial charge < -0.3 is 9.47 Å². The molecular weight excluding hydrogens is 412 g/mol. The predicted octanol–water partition coefficient (Wildman–Crippen LogP) is 4.42. The van der Waals surface area contributed by atoms with Gasteiger partial charge in [-0.05, 0) is 48.6 Å². The highest BCUT2D eigenvalue weighted by atomic mass is 32.2. The molecule has 2 aromatic rings. The second kappa shape index (κ2) is 8.85. The molecule has 166 valence electrons. The molecule has 1 saturated carbocycles. The van der Waals surface area contributed by atoms with Crippen molar-refractivity contribution in [2.24, 2.45) is 5.92 Å². The molecule has 1 unspecified atom stereocenters. The van der Waals surface area contributed by atoms with Crippen molar-refractivity contribution in [2.75, 3.05) is 19.5 Å².